The van der Waals surface area contributed by atoms with Crippen molar-refractivity contribution in [2.24, 2.45) is 0 Å². The average Bonchev–Trinajstić information content (AvgIpc) is 2.70. The van der Waals surface area contributed by atoms with Gasteiger partial charge < -0.3 is 14.3 Å². The molecule has 1 N–H and O–H groups in total. The maximum Gasteiger partial charge on any atom is 0.176 e. The van der Waals surface area contributed by atoms with Gasteiger partial charge in [-0.25, -0.2) is 0 Å². The highest BCUT2D eigenvalue weighted by Crippen LogP contribution is 2.30. The molecule has 0 radical (unpaired) electrons. The molecule has 0 aliphatic carbocycles. The molecule has 15 heavy (non-hydrogen) atoms. The lowest BCUT2D eigenvalue weighted by atomic mass is 10.1. The lowest BCUT2D eigenvalue weighted by Gasteiger charge is -2.03. The fourth-order valence-electron chi connectivity index (χ4n) is 1.67. The number of rotatable bonds is 3. The normalized spacial score (nSPS) is 10.9. The predicted octanol–water partition coefficient (Wildman–Crippen LogP) is 2.50. The Kier molecular flexibility index (Phi) is 2.64. The molecule has 0 unspecified atom stereocenters. The van der Waals surface area contributed by atoms with E-state index in [1.165, 1.54) is 5.56 Å². The maximum absolute atomic E-state index is 8.99. The van der Waals surface area contributed by atoms with Crippen LogP contribution in [-0.4, -0.2) is 12.2 Å². The molecule has 0 atom stereocenters. The molecule has 2 rings (SSSR count). The molecule has 0 fully saturated rings. The molecule has 0 saturated heterocycles. The number of hydrogen-bond donors (Lipinski definition) is 1. The first-order valence-electron chi connectivity index (χ1n) is 4.98. The third-order valence-corrected chi connectivity index (χ3v) is 2.48. The van der Waals surface area contributed by atoms with Crippen molar-refractivity contribution in [2.75, 3.05) is 7.11 Å². The summed E-state index contributed by atoms with van der Waals surface area (Å²) in [6.45, 7) is 2.01. The summed E-state index contributed by atoms with van der Waals surface area (Å²) in [5.74, 6) is 1.29. The van der Waals surface area contributed by atoms with Gasteiger partial charge in [-0.3, -0.25) is 0 Å². The average molecular weight is 206 g/mol. The summed E-state index contributed by atoms with van der Waals surface area (Å²) in [5.41, 5.74) is 1.91. The number of furan rings is 1. The Morgan fingerprint density at radius 1 is 1.33 bits per heavy atom. The molecular weight excluding hydrogens is 192 g/mol. The van der Waals surface area contributed by atoms with Crippen LogP contribution in [0.4, 0.5) is 0 Å². The first kappa shape index (κ1) is 10.1. The van der Waals surface area contributed by atoms with Crippen LogP contribution in [0.5, 0.6) is 5.75 Å². The number of aliphatic hydroxyl groups is 1. The van der Waals surface area contributed by atoms with Crippen molar-refractivity contribution in [3.63, 3.8) is 0 Å². The van der Waals surface area contributed by atoms with Crippen LogP contribution < -0.4 is 4.74 Å². The quantitative estimate of drug-likeness (QED) is 0.839. The van der Waals surface area contributed by atoms with Gasteiger partial charge in [0.2, 0.25) is 0 Å². The van der Waals surface area contributed by atoms with E-state index in [0.717, 1.165) is 17.6 Å². The van der Waals surface area contributed by atoms with E-state index in [2.05, 4.69) is 13.0 Å². The van der Waals surface area contributed by atoms with Crippen LogP contribution in [0.15, 0.2) is 22.6 Å². The van der Waals surface area contributed by atoms with E-state index < -0.39 is 0 Å². The summed E-state index contributed by atoms with van der Waals surface area (Å²) in [4.78, 5) is 0. The second-order valence-corrected chi connectivity index (χ2v) is 3.44. The van der Waals surface area contributed by atoms with Crippen LogP contribution in [0.1, 0.15) is 18.2 Å². The van der Waals surface area contributed by atoms with Crippen LogP contribution >= 0.6 is 0 Å². The molecule has 0 amide bonds. The third-order valence-electron chi connectivity index (χ3n) is 2.48. The van der Waals surface area contributed by atoms with Crippen LogP contribution in [-0.2, 0) is 13.0 Å². The van der Waals surface area contributed by atoms with E-state index in [1.54, 1.807) is 7.11 Å². The van der Waals surface area contributed by atoms with Gasteiger partial charge in [-0.1, -0.05) is 6.92 Å². The van der Waals surface area contributed by atoms with E-state index >= 15 is 0 Å². The zero-order valence-electron chi connectivity index (χ0n) is 8.91. The molecule has 3 heteroatoms. The Labute approximate surface area is 88.3 Å². The SMILES string of the molecule is CCc1cc(OC)c2oc(CO)cc2c1. The third kappa shape index (κ3) is 1.70. The van der Waals surface area contributed by atoms with Crippen molar-refractivity contribution in [3.05, 3.63) is 29.5 Å². The van der Waals surface area contributed by atoms with Gasteiger partial charge in [-0.2, -0.15) is 0 Å². The Bertz CT molecular complexity index is 471. The molecule has 3 nitrogen and oxygen atoms in total. The molecule has 0 bridgehead atoms. The lowest BCUT2D eigenvalue weighted by Crippen LogP contribution is -1.86. The topological polar surface area (TPSA) is 42.6 Å². The number of benzene rings is 1. The van der Waals surface area contributed by atoms with E-state index in [9.17, 15) is 0 Å². The molecule has 1 aromatic heterocycles. The molecule has 0 aliphatic heterocycles. The largest absolute Gasteiger partial charge is 0.493 e. The van der Waals surface area contributed by atoms with Crippen LogP contribution in [0.25, 0.3) is 11.0 Å². The molecule has 0 saturated carbocycles. The van der Waals surface area contributed by atoms with Gasteiger partial charge >= 0.3 is 0 Å². The van der Waals surface area contributed by atoms with Gasteiger partial charge in [0.25, 0.3) is 0 Å². The zero-order valence-corrected chi connectivity index (χ0v) is 8.91. The van der Waals surface area contributed by atoms with Gasteiger partial charge in [0.1, 0.15) is 12.4 Å². The summed E-state index contributed by atoms with van der Waals surface area (Å²) in [7, 11) is 1.62. The monoisotopic (exact) mass is 206 g/mol. The molecule has 2 aromatic rings. The lowest BCUT2D eigenvalue weighted by molar-refractivity contribution is 0.250. The number of aryl methyl sites for hydroxylation is 1. The molecular formula is C12H14O3. The summed E-state index contributed by atoms with van der Waals surface area (Å²) >= 11 is 0. The number of fused-ring (bicyclic) bond motifs is 1. The van der Waals surface area contributed by atoms with Crippen molar-refractivity contribution in [1.29, 1.82) is 0 Å². The molecule has 80 valence electrons. The minimum Gasteiger partial charge on any atom is -0.493 e. The minimum atomic E-state index is -0.0840. The highest BCUT2D eigenvalue weighted by Gasteiger charge is 2.09. The fourth-order valence-corrected chi connectivity index (χ4v) is 1.67. The highest BCUT2D eigenvalue weighted by atomic mass is 16.5. The standard InChI is InChI=1S/C12H14O3/c1-3-8-4-9-6-10(7-13)15-12(9)11(5-8)14-2/h4-6,13H,3,7H2,1-2H3. The van der Waals surface area contributed by atoms with Crippen molar-refractivity contribution < 1.29 is 14.3 Å². The Hall–Kier alpha value is -1.48. The van der Waals surface area contributed by atoms with Crippen molar-refractivity contribution in [1.82, 2.24) is 0 Å². The number of ether oxygens (including phenoxy) is 1. The van der Waals surface area contributed by atoms with Crippen molar-refractivity contribution in [3.8, 4) is 5.75 Å². The van der Waals surface area contributed by atoms with Crippen molar-refractivity contribution in [2.45, 2.75) is 20.0 Å². The van der Waals surface area contributed by atoms with E-state index in [-0.39, 0.29) is 6.61 Å². The van der Waals surface area contributed by atoms with E-state index in [0.29, 0.717) is 11.3 Å². The van der Waals surface area contributed by atoms with Gasteiger partial charge in [0.15, 0.2) is 11.3 Å². The van der Waals surface area contributed by atoms with Crippen molar-refractivity contribution >= 4 is 11.0 Å². The zero-order chi connectivity index (χ0) is 10.8. The number of methoxy groups -OCH3 is 1. The first-order chi connectivity index (χ1) is 7.28. The molecule has 0 aliphatic rings. The van der Waals surface area contributed by atoms with Gasteiger partial charge in [-0.05, 0) is 30.2 Å². The maximum atomic E-state index is 8.99. The Morgan fingerprint density at radius 2 is 2.13 bits per heavy atom. The van der Waals surface area contributed by atoms with Crippen LogP contribution in [0.3, 0.4) is 0 Å². The summed E-state index contributed by atoms with van der Waals surface area (Å²) in [6, 6.07) is 5.87. The molecule has 1 heterocycles. The van der Waals surface area contributed by atoms with Gasteiger partial charge in [0, 0.05) is 5.39 Å². The van der Waals surface area contributed by atoms with Gasteiger partial charge in [-0.15, -0.1) is 0 Å². The first-order valence-corrected chi connectivity index (χ1v) is 4.98. The predicted molar refractivity (Wildman–Crippen MR) is 58.1 cm³/mol. The Morgan fingerprint density at radius 3 is 2.73 bits per heavy atom. The van der Waals surface area contributed by atoms with E-state index in [1.807, 2.05) is 12.1 Å². The Balaban J connectivity index is 2.66. The number of hydrogen-bond acceptors (Lipinski definition) is 3. The minimum absolute atomic E-state index is 0.0840. The van der Waals surface area contributed by atoms with Crippen LogP contribution in [0, 0.1) is 0 Å². The summed E-state index contributed by atoms with van der Waals surface area (Å²) in [5, 5.41) is 9.98. The second-order valence-electron chi connectivity index (χ2n) is 3.44. The van der Waals surface area contributed by atoms with Gasteiger partial charge in [0.05, 0.1) is 7.11 Å². The van der Waals surface area contributed by atoms with E-state index in [4.69, 9.17) is 14.3 Å². The molecule has 1 aromatic carbocycles. The highest BCUT2D eigenvalue weighted by molar-refractivity contribution is 5.84. The summed E-state index contributed by atoms with van der Waals surface area (Å²) in [6.07, 6.45) is 0.950. The summed E-state index contributed by atoms with van der Waals surface area (Å²) < 4.78 is 10.7. The number of aliphatic hydroxyl groups excluding tert-OH is 1. The van der Waals surface area contributed by atoms with Crippen LogP contribution in [0.2, 0.25) is 0 Å². The fraction of sp³-hybridized carbons (Fsp3) is 0.333. The second kappa shape index (κ2) is 3.95. The molecule has 0 spiro atoms. The smallest absolute Gasteiger partial charge is 0.176 e.